The molecule has 0 atom stereocenters. The molecule has 0 spiro atoms. The summed E-state index contributed by atoms with van der Waals surface area (Å²) in [4.78, 5) is 13.4. The average Bonchev–Trinajstić information content (AvgIpc) is 2.77. The summed E-state index contributed by atoms with van der Waals surface area (Å²) >= 11 is 0. The fraction of sp³-hybridized carbons (Fsp3) is 0.583. The van der Waals surface area contributed by atoms with E-state index in [-0.39, 0.29) is 0 Å². The Morgan fingerprint density at radius 2 is 1.67 bits per heavy atom. The first-order chi connectivity index (χ1) is 14.6. The van der Waals surface area contributed by atoms with Crippen LogP contribution in [0.5, 0.6) is 0 Å². The molecule has 6 heteroatoms. The van der Waals surface area contributed by atoms with Crippen LogP contribution >= 0.6 is 0 Å². The summed E-state index contributed by atoms with van der Waals surface area (Å²) in [6.45, 7) is 8.56. The molecule has 2 N–H and O–H groups in total. The van der Waals surface area contributed by atoms with Crippen molar-refractivity contribution in [2.75, 3.05) is 48.8 Å². The molecule has 1 aliphatic rings. The predicted molar refractivity (Wildman–Crippen MR) is 127 cm³/mol. The first-order valence-electron chi connectivity index (χ1n) is 11.4. The van der Waals surface area contributed by atoms with Crippen molar-refractivity contribution in [2.45, 2.75) is 52.1 Å². The van der Waals surface area contributed by atoms with Gasteiger partial charge in [0.05, 0.1) is 0 Å². The molecule has 0 radical (unpaired) electrons. The second-order valence-corrected chi connectivity index (χ2v) is 8.46. The Bertz CT molecular complexity index is 749. The summed E-state index contributed by atoms with van der Waals surface area (Å²) in [6.07, 6.45) is 6.69. The number of nitrogens with one attached hydrogen (secondary N) is 2. The SMILES string of the molecule is CCN(CC)c1ccc(CNC[C@H]2CC[C@@H](Nc3nccc(N(C)C)n3)CC2)cc1. The van der Waals surface area contributed by atoms with Crippen LogP contribution in [0.4, 0.5) is 17.5 Å². The fourth-order valence-corrected chi connectivity index (χ4v) is 4.20. The molecule has 0 unspecified atom stereocenters. The average molecular weight is 411 g/mol. The third-order valence-corrected chi connectivity index (χ3v) is 6.11. The Kier molecular flexibility index (Phi) is 8.31. The van der Waals surface area contributed by atoms with Crippen LogP contribution in [0.15, 0.2) is 36.5 Å². The molecule has 6 nitrogen and oxygen atoms in total. The largest absolute Gasteiger partial charge is 0.372 e. The van der Waals surface area contributed by atoms with E-state index in [9.17, 15) is 0 Å². The number of benzene rings is 1. The molecule has 0 bridgehead atoms. The maximum absolute atomic E-state index is 4.58. The van der Waals surface area contributed by atoms with E-state index in [0.29, 0.717) is 6.04 Å². The van der Waals surface area contributed by atoms with Gasteiger partial charge >= 0.3 is 0 Å². The van der Waals surface area contributed by atoms with Gasteiger partial charge in [-0.15, -0.1) is 0 Å². The molecule has 0 aliphatic heterocycles. The molecule has 1 aromatic heterocycles. The minimum Gasteiger partial charge on any atom is -0.372 e. The number of hydrogen-bond acceptors (Lipinski definition) is 6. The van der Waals surface area contributed by atoms with E-state index in [1.54, 1.807) is 0 Å². The van der Waals surface area contributed by atoms with Crippen molar-refractivity contribution in [3.8, 4) is 0 Å². The third kappa shape index (κ3) is 6.33. The van der Waals surface area contributed by atoms with Gasteiger partial charge < -0.3 is 20.4 Å². The van der Waals surface area contributed by atoms with E-state index < -0.39 is 0 Å². The Labute approximate surface area is 182 Å². The van der Waals surface area contributed by atoms with Gasteiger partial charge in [-0.25, -0.2) is 4.98 Å². The monoisotopic (exact) mass is 410 g/mol. The molecule has 1 aliphatic carbocycles. The van der Waals surface area contributed by atoms with Gasteiger partial charge in [0, 0.05) is 51.7 Å². The molecule has 30 heavy (non-hydrogen) atoms. The number of hydrogen-bond donors (Lipinski definition) is 2. The lowest BCUT2D eigenvalue weighted by Crippen LogP contribution is -2.31. The summed E-state index contributed by atoms with van der Waals surface area (Å²) in [5.41, 5.74) is 2.67. The fourth-order valence-electron chi connectivity index (χ4n) is 4.20. The van der Waals surface area contributed by atoms with Crippen LogP contribution in [0.3, 0.4) is 0 Å². The number of rotatable bonds is 10. The van der Waals surface area contributed by atoms with Gasteiger partial charge in [-0.1, -0.05) is 12.1 Å². The van der Waals surface area contributed by atoms with Crippen LogP contribution in [0.25, 0.3) is 0 Å². The predicted octanol–water partition coefficient (Wildman–Crippen LogP) is 4.15. The molecule has 2 aromatic rings. The standard InChI is InChI=1S/C24H38N6/c1-5-30(6-2)22-13-9-20(10-14-22)18-25-17-19-7-11-21(12-8-19)27-24-26-16-15-23(28-24)29(3)4/h9-10,13-16,19,21,25H,5-8,11-12,17-18H2,1-4H3,(H,26,27,28)/t19-,21+. The highest BCUT2D eigenvalue weighted by molar-refractivity contribution is 5.47. The Hall–Kier alpha value is -2.34. The van der Waals surface area contributed by atoms with Crippen molar-refractivity contribution in [1.29, 1.82) is 0 Å². The summed E-state index contributed by atoms with van der Waals surface area (Å²) < 4.78 is 0. The highest BCUT2D eigenvalue weighted by Crippen LogP contribution is 2.26. The van der Waals surface area contributed by atoms with E-state index in [4.69, 9.17) is 0 Å². The summed E-state index contributed by atoms with van der Waals surface area (Å²) in [7, 11) is 4.01. The number of nitrogens with zero attached hydrogens (tertiary/aromatic N) is 4. The van der Waals surface area contributed by atoms with Gasteiger partial charge in [0.1, 0.15) is 5.82 Å². The molecular weight excluding hydrogens is 372 g/mol. The second-order valence-electron chi connectivity index (χ2n) is 8.46. The van der Waals surface area contributed by atoms with Crippen LogP contribution in [-0.4, -0.2) is 49.7 Å². The lowest BCUT2D eigenvalue weighted by atomic mass is 9.86. The zero-order chi connectivity index (χ0) is 21.3. The molecule has 0 amide bonds. The lowest BCUT2D eigenvalue weighted by molar-refractivity contribution is 0.324. The van der Waals surface area contributed by atoms with Gasteiger partial charge in [0.25, 0.3) is 0 Å². The van der Waals surface area contributed by atoms with E-state index >= 15 is 0 Å². The third-order valence-electron chi connectivity index (χ3n) is 6.11. The highest BCUT2D eigenvalue weighted by Gasteiger charge is 2.21. The molecule has 164 valence electrons. The molecule has 1 saturated carbocycles. The lowest BCUT2D eigenvalue weighted by Gasteiger charge is -2.29. The van der Waals surface area contributed by atoms with Crippen molar-refractivity contribution in [1.82, 2.24) is 15.3 Å². The van der Waals surface area contributed by atoms with Crippen LogP contribution in [-0.2, 0) is 6.54 Å². The van der Waals surface area contributed by atoms with E-state index in [1.165, 1.54) is 36.9 Å². The maximum atomic E-state index is 4.58. The van der Waals surface area contributed by atoms with Crippen LogP contribution in [0.1, 0.15) is 45.1 Å². The zero-order valence-electron chi connectivity index (χ0n) is 19.1. The van der Waals surface area contributed by atoms with Gasteiger partial charge in [0.15, 0.2) is 0 Å². The summed E-state index contributed by atoms with van der Waals surface area (Å²) in [5.74, 6) is 2.44. The van der Waals surface area contributed by atoms with Crippen LogP contribution < -0.4 is 20.4 Å². The molecule has 3 rings (SSSR count). The normalized spacial score (nSPS) is 18.8. The molecule has 0 saturated heterocycles. The van der Waals surface area contributed by atoms with Crippen molar-refractivity contribution in [3.05, 3.63) is 42.1 Å². The number of aromatic nitrogens is 2. The second kappa shape index (κ2) is 11.2. The van der Waals surface area contributed by atoms with E-state index in [2.05, 4.69) is 63.6 Å². The zero-order valence-corrected chi connectivity index (χ0v) is 19.1. The highest BCUT2D eigenvalue weighted by atomic mass is 15.2. The first-order valence-corrected chi connectivity index (χ1v) is 11.4. The van der Waals surface area contributed by atoms with Crippen molar-refractivity contribution >= 4 is 17.5 Å². The van der Waals surface area contributed by atoms with Gasteiger partial charge in [-0.3, -0.25) is 0 Å². The van der Waals surface area contributed by atoms with Gasteiger partial charge in [0.2, 0.25) is 5.95 Å². The molecule has 1 heterocycles. The van der Waals surface area contributed by atoms with Crippen molar-refractivity contribution < 1.29 is 0 Å². The van der Waals surface area contributed by atoms with Crippen molar-refractivity contribution in [2.24, 2.45) is 5.92 Å². The Morgan fingerprint density at radius 1 is 0.967 bits per heavy atom. The quantitative estimate of drug-likeness (QED) is 0.614. The van der Waals surface area contributed by atoms with Gasteiger partial charge in [-0.05, 0) is 75.8 Å². The molecule has 1 aromatic carbocycles. The topological polar surface area (TPSA) is 56.3 Å². The molecule has 1 fully saturated rings. The van der Waals surface area contributed by atoms with E-state index in [0.717, 1.165) is 43.9 Å². The Balaban J connectivity index is 1.37. The maximum Gasteiger partial charge on any atom is 0.224 e. The van der Waals surface area contributed by atoms with Crippen LogP contribution in [0, 0.1) is 5.92 Å². The summed E-state index contributed by atoms with van der Waals surface area (Å²) in [6, 6.07) is 11.4. The Morgan fingerprint density at radius 3 is 2.30 bits per heavy atom. The first kappa shape index (κ1) is 22.3. The number of anilines is 3. The smallest absolute Gasteiger partial charge is 0.224 e. The molecular formula is C24H38N6. The summed E-state index contributed by atoms with van der Waals surface area (Å²) in [5, 5.41) is 7.20. The van der Waals surface area contributed by atoms with E-state index in [1.807, 2.05) is 31.3 Å². The minimum atomic E-state index is 0.478. The van der Waals surface area contributed by atoms with Crippen molar-refractivity contribution in [3.63, 3.8) is 0 Å². The van der Waals surface area contributed by atoms with Gasteiger partial charge in [-0.2, -0.15) is 4.98 Å². The minimum absolute atomic E-state index is 0.478. The van der Waals surface area contributed by atoms with Crippen LogP contribution in [0.2, 0.25) is 0 Å².